The molecule has 0 aromatic carbocycles. The molecular formula is C20H29ClF2N2O3. The molecule has 5 aliphatic carbocycles. The first-order valence-corrected chi connectivity index (χ1v) is 10.9. The number of rotatable bonds is 6. The number of amides is 2. The third kappa shape index (κ3) is 3.89. The second-order valence-electron chi connectivity index (χ2n) is 9.30. The highest BCUT2D eigenvalue weighted by Crippen LogP contribution is 2.67. The quantitative estimate of drug-likeness (QED) is 0.652. The summed E-state index contributed by atoms with van der Waals surface area (Å²) in [6, 6.07) is -0.364. The highest BCUT2D eigenvalue weighted by atomic mass is 35.5. The van der Waals surface area contributed by atoms with Gasteiger partial charge in [-0.05, 0) is 44.9 Å². The van der Waals surface area contributed by atoms with E-state index in [-0.39, 0.29) is 42.5 Å². The van der Waals surface area contributed by atoms with Crippen LogP contribution in [0.25, 0.3) is 0 Å². The van der Waals surface area contributed by atoms with Crippen molar-refractivity contribution >= 4 is 23.4 Å². The van der Waals surface area contributed by atoms with Gasteiger partial charge in [0.05, 0.1) is 22.9 Å². The molecule has 0 heterocycles. The first-order valence-electron chi connectivity index (χ1n) is 10.5. The van der Waals surface area contributed by atoms with Gasteiger partial charge in [-0.15, -0.1) is 11.6 Å². The molecule has 2 N–H and O–H groups in total. The number of halogens is 3. The summed E-state index contributed by atoms with van der Waals surface area (Å²) in [5, 5.41) is 5.41. The second kappa shape index (κ2) is 7.71. The highest BCUT2D eigenvalue weighted by Gasteiger charge is 2.72. The zero-order chi connectivity index (χ0) is 19.9. The molecule has 0 spiro atoms. The molecule has 5 nitrogen and oxygen atoms in total. The van der Waals surface area contributed by atoms with E-state index < -0.39 is 23.1 Å². The van der Waals surface area contributed by atoms with Crippen LogP contribution in [-0.2, 0) is 14.3 Å². The molecule has 5 unspecified atom stereocenters. The first-order chi connectivity index (χ1) is 13.3. The van der Waals surface area contributed by atoms with Gasteiger partial charge in [0.1, 0.15) is 19.0 Å². The molecule has 0 aromatic heterocycles. The summed E-state index contributed by atoms with van der Waals surface area (Å²) >= 11 is 5.86. The standard InChI is InChI=1S/C20H29ClF2N2O3/c21-13-6-5-12(7-15(13)23)28-8-17(26)25-20-9-19(10-20,11-20)18(27)24-16-4-2-1-3-14(16)22/h12-16H,1-11H2,(H,24,27)(H,25,26). The second-order valence-corrected chi connectivity index (χ2v) is 9.86. The predicted octanol–water partition coefficient (Wildman–Crippen LogP) is 2.94. The molecule has 5 saturated carbocycles. The lowest BCUT2D eigenvalue weighted by molar-refractivity contribution is -0.186. The van der Waals surface area contributed by atoms with Gasteiger partial charge in [0, 0.05) is 12.0 Å². The van der Waals surface area contributed by atoms with Gasteiger partial charge in [0.25, 0.3) is 0 Å². The van der Waals surface area contributed by atoms with Crippen molar-refractivity contribution in [2.75, 3.05) is 6.61 Å². The van der Waals surface area contributed by atoms with Crippen LogP contribution in [0.15, 0.2) is 0 Å². The average molecular weight is 419 g/mol. The van der Waals surface area contributed by atoms with Gasteiger partial charge in [-0.2, -0.15) is 0 Å². The highest BCUT2D eigenvalue weighted by molar-refractivity contribution is 6.21. The summed E-state index contributed by atoms with van der Waals surface area (Å²) in [5.74, 6) is -0.297. The minimum absolute atomic E-state index is 0.0683. The zero-order valence-electron chi connectivity index (χ0n) is 16.0. The van der Waals surface area contributed by atoms with E-state index in [1.54, 1.807) is 0 Å². The third-order valence-electron chi connectivity index (χ3n) is 7.01. The van der Waals surface area contributed by atoms with E-state index in [1.165, 1.54) is 0 Å². The Kier molecular flexibility index (Phi) is 5.60. The molecule has 0 aliphatic heterocycles. The summed E-state index contributed by atoms with van der Waals surface area (Å²) in [6.45, 7) is -0.100. The normalized spacial score (nSPS) is 44.8. The van der Waals surface area contributed by atoms with Crippen molar-refractivity contribution in [1.82, 2.24) is 10.6 Å². The van der Waals surface area contributed by atoms with Crippen LogP contribution >= 0.6 is 11.6 Å². The van der Waals surface area contributed by atoms with E-state index in [9.17, 15) is 18.4 Å². The number of hydrogen-bond acceptors (Lipinski definition) is 3. The van der Waals surface area contributed by atoms with Gasteiger partial charge in [0.15, 0.2) is 0 Å². The largest absolute Gasteiger partial charge is 0.368 e. The summed E-state index contributed by atoms with van der Waals surface area (Å²) < 4.78 is 33.1. The summed E-state index contributed by atoms with van der Waals surface area (Å²) in [4.78, 5) is 24.7. The van der Waals surface area contributed by atoms with E-state index in [2.05, 4.69) is 10.6 Å². The van der Waals surface area contributed by atoms with Crippen LogP contribution in [0.4, 0.5) is 8.78 Å². The first kappa shape index (κ1) is 20.3. The number of carbonyl (C=O) groups is 2. The lowest BCUT2D eigenvalue weighted by Gasteiger charge is -2.69. The van der Waals surface area contributed by atoms with E-state index in [1.807, 2.05) is 0 Å². The Morgan fingerprint density at radius 3 is 2.43 bits per heavy atom. The van der Waals surface area contributed by atoms with Crippen molar-refractivity contribution in [3.8, 4) is 0 Å². The smallest absolute Gasteiger partial charge is 0.246 e. The van der Waals surface area contributed by atoms with Crippen molar-refractivity contribution in [2.45, 2.75) is 99.6 Å². The predicted molar refractivity (Wildman–Crippen MR) is 101 cm³/mol. The van der Waals surface area contributed by atoms with Gasteiger partial charge in [-0.25, -0.2) is 8.78 Å². The van der Waals surface area contributed by atoms with Crippen molar-refractivity contribution in [3.05, 3.63) is 0 Å². The van der Waals surface area contributed by atoms with Crippen LogP contribution in [0.3, 0.4) is 0 Å². The molecule has 5 atom stereocenters. The van der Waals surface area contributed by atoms with Crippen LogP contribution in [0, 0.1) is 5.41 Å². The van der Waals surface area contributed by atoms with Gasteiger partial charge in [0.2, 0.25) is 11.8 Å². The van der Waals surface area contributed by atoms with Crippen molar-refractivity contribution in [3.63, 3.8) is 0 Å². The Morgan fingerprint density at radius 1 is 1.04 bits per heavy atom. The minimum atomic E-state index is -1.09. The van der Waals surface area contributed by atoms with Crippen molar-refractivity contribution < 1.29 is 23.1 Å². The topological polar surface area (TPSA) is 67.4 Å². The Labute approximate surface area is 169 Å². The lowest BCUT2D eigenvalue weighted by Crippen LogP contribution is -2.79. The fourth-order valence-corrected chi connectivity index (χ4v) is 5.68. The molecular weight excluding hydrogens is 390 g/mol. The minimum Gasteiger partial charge on any atom is -0.368 e. The Morgan fingerprint density at radius 2 is 1.75 bits per heavy atom. The molecule has 8 heteroatoms. The Balaban J connectivity index is 1.17. The number of hydrogen-bond donors (Lipinski definition) is 2. The maximum absolute atomic E-state index is 13.9. The molecule has 2 amide bonds. The molecule has 5 rings (SSSR count). The summed E-state index contributed by atoms with van der Waals surface area (Å²) in [6.07, 6.45) is 3.99. The number of alkyl halides is 3. The van der Waals surface area contributed by atoms with Crippen LogP contribution in [0.2, 0.25) is 0 Å². The van der Waals surface area contributed by atoms with E-state index in [0.29, 0.717) is 44.9 Å². The molecule has 158 valence electrons. The Hall–Kier alpha value is -0.950. The SMILES string of the molecule is O=C(COC1CCC(Cl)C(F)C1)NC12CC(C(=O)NC3CCCCC3F)(C1)C2. The molecule has 5 aliphatic rings. The van der Waals surface area contributed by atoms with E-state index in [0.717, 1.165) is 12.8 Å². The Bertz CT molecular complexity index is 615. The van der Waals surface area contributed by atoms with Crippen molar-refractivity contribution in [1.29, 1.82) is 0 Å². The fraction of sp³-hybridized carbons (Fsp3) is 0.900. The maximum atomic E-state index is 13.9. The average Bonchev–Trinajstić information content (AvgIpc) is 2.59. The molecule has 0 saturated heterocycles. The van der Waals surface area contributed by atoms with Gasteiger partial charge in [-0.3, -0.25) is 9.59 Å². The molecule has 2 bridgehead atoms. The number of carbonyl (C=O) groups excluding carboxylic acids is 2. The molecule has 28 heavy (non-hydrogen) atoms. The van der Waals surface area contributed by atoms with Crippen LogP contribution < -0.4 is 10.6 Å². The number of ether oxygens (including phenoxy) is 1. The molecule has 5 fully saturated rings. The third-order valence-corrected chi connectivity index (χ3v) is 7.50. The fourth-order valence-electron chi connectivity index (χ4n) is 5.45. The van der Waals surface area contributed by atoms with E-state index >= 15 is 0 Å². The van der Waals surface area contributed by atoms with Crippen LogP contribution in [0.1, 0.15) is 64.2 Å². The van der Waals surface area contributed by atoms with Crippen LogP contribution in [-0.4, -0.2) is 53.8 Å². The van der Waals surface area contributed by atoms with Gasteiger partial charge < -0.3 is 15.4 Å². The van der Waals surface area contributed by atoms with Crippen LogP contribution in [0.5, 0.6) is 0 Å². The van der Waals surface area contributed by atoms with Gasteiger partial charge in [-0.1, -0.05) is 12.8 Å². The monoisotopic (exact) mass is 418 g/mol. The lowest BCUT2D eigenvalue weighted by atomic mass is 9.39. The maximum Gasteiger partial charge on any atom is 0.246 e. The number of nitrogens with one attached hydrogen (secondary N) is 2. The molecule has 0 aromatic rings. The summed E-state index contributed by atoms with van der Waals surface area (Å²) in [5.41, 5.74) is -0.763. The van der Waals surface area contributed by atoms with Crippen molar-refractivity contribution in [2.24, 2.45) is 5.41 Å². The summed E-state index contributed by atoms with van der Waals surface area (Å²) in [7, 11) is 0. The van der Waals surface area contributed by atoms with Gasteiger partial charge >= 0.3 is 0 Å². The molecule has 0 radical (unpaired) electrons. The van der Waals surface area contributed by atoms with E-state index in [4.69, 9.17) is 16.3 Å². The zero-order valence-corrected chi connectivity index (χ0v) is 16.8.